The number of hydrogen-bond acceptors (Lipinski definition) is 5. The standard InChI is InChI=1S/C17H23N3O3/c1-11-9-19(16(22)23-17(2,3)4)14(10-21)13-8-12-6-5-7-18-15(12)20(11)13/h5-7,10-11,13-14H,8-9H2,1-4H3. The molecule has 0 radical (unpaired) electrons. The quantitative estimate of drug-likeness (QED) is 0.742. The Kier molecular flexibility index (Phi) is 3.78. The first kappa shape index (κ1) is 15.8. The Morgan fingerprint density at radius 3 is 2.83 bits per heavy atom. The number of carbonyl (C=O) groups excluding carboxylic acids is 2. The Hall–Kier alpha value is -2.11. The first-order valence-corrected chi connectivity index (χ1v) is 7.99. The number of anilines is 1. The fraction of sp³-hybridized carbons (Fsp3) is 0.588. The maximum Gasteiger partial charge on any atom is 0.411 e. The molecular weight excluding hydrogens is 294 g/mol. The predicted molar refractivity (Wildman–Crippen MR) is 86.5 cm³/mol. The van der Waals surface area contributed by atoms with Crippen molar-refractivity contribution in [2.75, 3.05) is 11.4 Å². The summed E-state index contributed by atoms with van der Waals surface area (Å²) in [5, 5.41) is 0. The van der Waals surface area contributed by atoms with E-state index >= 15 is 0 Å². The lowest BCUT2D eigenvalue weighted by atomic mass is 9.98. The van der Waals surface area contributed by atoms with Gasteiger partial charge in [0.2, 0.25) is 0 Å². The SMILES string of the molecule is CC1CN(C(=O)OC(C)(C)C)C(C=O)C2Cc3cccnc3N12. The minimum atomic E-state index is -0.578. The zero-order valence-corrected chi connectivity index (χ0v) is 14.0. The topological polar surface area (TPSA) is 62.7 Å². The number of nitrogens with zero attached hydrogens (tertiary/aromatic N) is 3. The normalized spacial score (nSPS) is 26.5. The molecule has 0 spiro atoms. The second-order valence-electron chi connectivity index (χ2n) is 7.27. The molecule has 23 heavy (non-hydrogen) atoms. The van der Waals surface area contributed by atoms with E-state index in [1.165, 1.54) is 0 Å². The second-order valence-corrected chi connectivity index (χ2v) is 7.27. The molecule has 124 valence electrons. The third-order valence-corrected chi connectivity index (χ3v) is 4.36. The monoisotopic (exact) mass is 317 g/mol. The van der Waals surface area contributed by atoms with Crippen molar-refractivity contribution in [3.05, 3.63) is 23.9 Å². The van der Waals surface area contributed by atoms with Crippen molar-refractivity contribution in [1.82, 2.24) is 9.88 Å². The van der Waals surface area contributed by atoms with Gasteiger partial charge in [0.05, 0.1) is 6.04 Å². The summed E-state index contributed by atoms with van der Waals surface area (Å²) in [5.74, 6) is 0.931. The summed E-state index contributed by atoms with van der Waals surface area (Å²) in [7, 11) is 0. The van der Waals surface area contributed by atoms with Gasteiger partial charge in [-0.1, -0.05) is 6.07 Å². The van der Waals surface area contributed by atoms with E-state index in [0.717, 1.165) is 24.1 Å². The van der Waals surface area contributed by atoms with Gasteiger partial charge in [0.25, 0.3) is 0 Å². The van der Waals surface area contributed by atoms with Crippen LogP contribution in [0.5, 0.6) is 0 Å². The Bertz CT molecular complexity index is 626. The zero-order chi connectivity index (χ0) is 16.8. The first-order chi connectivity index (χ1) is 10.8. The van der Waals surface area contributed by atoms with Crippen molar-refractivity contribution >= 4 is 18.2 Å². The number of pyridine rings is 1. The van der Waals surface area contributed by atoms with Crippen LogP contribution < -0.4 is 4.90 Å². The molecule has 1 amide bonds. The van der Waals surface area contributed by atoms with Gasteiger partial charge in [-0.15, -0.1) is 0 Å². The third-order valence-electron chi connectivity index (χ3n) is 4.36. The summed E-state index contributed by atoms with van der Waals surface area (Å²) in [6, 6.07) is 3.43. The van der Waals surface area contributed by atoms with E-state index in [2.05, 4.69) is 16.8 Å². The van der Waals surface area contributed by atoms with Crippen molar-refractivity contribution in [3.8, 4) is 0 Å². The van der Waals surface area contributed by atoms with Crippen molar-refractivity contribution < 1.29 is 14.3 Å². The number of ether oxygens (including phenoxy) is 1. The molecule has 0 aromatic carbocycles. The van der Waals surface area contributed by atoms with Crippen LogP contribution in [0, 0.1) is 0 Å². The highest BCUT2D eigenvalue weighted by Gasteiger charge is 2.47. The van der Waals surface area contributed by atoms with Gasteiger partial charge in [-0.25, -0.2) is 9.78 Å². The summed E-state index contributed by atoms with van der Waals surface area (Å²) in [5.41, 5.74) is 0.549. The van der Waals surface area contributed by atoms with E-state index in [0.29, 0.717) is 6.54 Å². The molecule has 6 nitrogen and oxygen atoms in total. The minimum absolute atomic E-state index is 0.0753. The van der Waals surface area contributed by atoms with E-state index < -0.39 is 17.7 Å². The average Bonchev–Trinajstić information content (AvgIpc) is 2.85. The van der Waals surface area contributed by atoms with Crippen molar-refractivity contribution in [3.63, 3.8) is 0 Å². The number of aromatic nitrogens is 1. The fourth-order valence-electron chi connectivity index (χ4n) is 3.51. The number of rotatable bonds is 1. The van der Waals surface area contributed by atoms with Crippen LogP contribution in [0.15, 0.2) is 18.3 Å². The number of carbonyl (C=O) groups is 2. The molecule has 1 saturated heterocycles. The van der Waals surface area contributed by atoms with Crippen LogP contribution in [0.25, 0.3) is 0 Å². The Labute approximate surface area is 136 Å². The summed E-state index contributed by atoms with van der Waals surface area (Å²) < 4.78 is 5.48. The van der Waals surface area contributed by atoms with E-state index in [1.807, 2.05) is 32.9 Å². The molecule has 3 rings (SSSR count). The lowest BCUT2D eigenvalue weighted by Crippen LogP contribution is -2.64. The van der Waals surface area contributed by atoms with Crippen LogP contribution in [0.3, 0.4) is 0 Å². The van der Waals surface area contributed by atoms with Gasteiger partial charge in [-0.05, 0) is 45.7 Å². The molecule has 0 N–H and O–H groups in total. The average molecular weight is 317 g/mol. The maximum absolute atomic E-state index is 12.5. The molecule has 3 unspecified atom stereocenters. The van der Waals surface area contributed by atoms with Crippen molar-refractivity contribution in [2.24, 2.45) is 0 Å². The van der Waals surface area contributed by atoms with Gasteiger partial charge in [-0.3, -0.25) is 4.90 Å². The van der Waals surface area contributed by atoms with Crippen LogP contribution in [0.1, 0.15) is 33.3 Å². The molecule has 1 aromatic heterocycles. The van der Waals surface area contributed by atoms with Crippen LogP contribution in [-0.4, -0.2) is 52.5 Å². The van der Waals surface area contributed by atoms with Gasteiger partial charge in [-0.2, -0.15) is 0 Å². The molecule has 3 atom stereocenters. The highest BCUT2D eigenvalue weighted by atomic mass is 16.6. The summed E-state index contributed by atoms with van der Waals surface area (Å²) in [6.07, 6.45) is 2.92. The molecule has 1 fully saturated rings. The van der Waals surface area contributed by atoms with E-state index in [1.54, 1.807) is 11.1 Å². The van der Waals surface area contributed by atoms with Crippen LogP contribution in [-0.2, 0) is 16.0 Å². The van der Waals surface area contributed by atoms with Crippen molar-refractivity contribution in [2.45, 2.75) is 57.8 Å². The molecular formula is C17H23N3O3. The zero-order valence-electron chi connectivity index (χ0n) is 14.0. The van der Waals surface area contributed by atoms with Crippen LogP contribution >= 0.6 is 0 Å². The third kappa shape index (κ3) is 2.78. The second kappa shape index (κ2) is 5.51. The summed E-state index contributed by atoms with van der Waals surface area (Å²) in [6.45, 7) is 7.99. The van der Waals surface area contributed by atoms with Gasteiger partial charge in [0, 0.05) is 18.8 Å². The number of aldehydes is 1. The van der Waals surface area contributed by atoms with Gasteiger partial charge < -0.3 is 14.4 Å². The van der Waals surface area contributed by atoms with Gasteiger partial charge in [0.1, 0.15) is 23.7 Å². The van der Waals surface area contributed by atoms with Crippen LogP contribution in [0.2, 0.25) is 0 Å². The molecule has 6 heteroatoms. The highest BCUT2D eigenvalue weighted by Crippen LogP contribution is 2.37. The molecule has 2 aliphatic heterocycles. The summed E-state index contributed by atoms with van der Waals surface area (Å²) >= 11 is 0. The molecule has 0 bridgehead atoms. The fourth-order valence-corrected chi connectivity index (χ4v) is 3.51. The van der Waals surface area contributed by atoms with E-state index in [9.17, 15) is 9.59 Å². The lowest BCUT2D eigenvalue weighted by Gasteiger charge is -2.46. The maximum atomic E-state index is 12.5. The molecule has 0 saturated carbocycles. The number of hydrogen-bond donors (Lipinski definition) is 0. The molecule has 1 aromatic rings. The lowest BCUT2D eigenvalue weighted by molar-refractivity contribution is -0.114. The van der Waals surface area contributed by atoms with E-state index in [4.69, 9.17) is 4.74 Å². The van der Waals surface area contributed by atoms with Crippen molar-refractivity contribution in [1.29, 1.82) is 0 Å². The Balaban J connectivity index is 1.89. The molecule has 3 heterocycles. The number of amides is 1. The van der Waals surface area contributed by atoms with E-state index in [-0.39, 0.29) is 12.1 Å². The smallest absolute Gasteiger partial charge is 0.411 e. The summed E-state index contributed by atoms with van der Waals surface area (Å²) in [4.78, 5) is 32.5. The minimum Gasteiger partial charge on any atom is -0.444 e. The number of fused-ring (bicyclic) bond motifs is 3. The van der Waals surface area contributed by atoms with Crippen LogP contribution in [0.4, 0.5) is 10.6 Å². The Morgan fingerprint density at radius 1 is 1.43 bits per heavy atom. The van der Waals surface area contributed by atoms with Gasteiger partial charge >= 0.3 is 6.09 Å². The molecule has 0 aliphatic carbocycles. The predicted octanol–water partition coefficient (Wildman–Crippen LogP) is 2.02. The highest BCUT2D eigenvalue weighted by molar-refractivity contribution is 5.77. The number of piperazine rings is 1. The Morgan fingerprint density at radius 2 is 2.17 bits per heavy atom. The largest absolute Gasteiger partial charge is 0.444 e. The van der Waals surface area contributed by atoms with Gasteiger partial charge in [0.15, 0.2) is 0 Å². The molecule has 2 aliphatic rings. The first-order valence-electron chi connectivity index (χ1n) is 7.99.